The standard InChI is InChI=1S/C23H17Cl3F10N2O2/c1-38(18(39)4-5-21(28,29)30)37-20(40)12-3-2-10(6-14(12)23(34,35)36)17(27)9-13(22(31,32)33)11-7-15(24)19(26)16(25)8-11/h2-3,6-8,13,17H,4-5,9H2,1H3,(H,37,40). The van der Waals surface area contributed by atoms with Gasteiger partial charge in [0.15, 0.2) is 0 Å². The average molecular weight is 650 g/mol. The summed E-state index contributed by atoms with van der Waals surface area (Å²) in [4.78, 5) is 24.2. The quantitative estimate of drug-likeness (QED) is 0.185. The van der Waals surface area contributed by atoms with Gasteiger partial charge in [-0.15, -0.1) is 0 Å². The summed E-state index contributed by atoms with van der Waals surface area (Å²) in [7, 11) is 0.794. The van der Waals surface area contributed by atoms with Crippen LogP contribution in [0.15, 0.2) is 30.3 Å². The maximum atomic E-state index is 15.1. The van der Waals surface area contributed by atoms with E-state index in [-0.39, 0.29) is 26.1 Å². The molecule has 0 radical (unpaired) electrons. The Morgan fingerprint density at radius 3 is 1.93 bits per heavy atom. The monoisotopic (exact) mass is 648 g/mol. The second-order valence-electron chi connectivity index (χ2n) is 8.41. The fourth-order valence-electron chi connectivity index (χ4n) is 3.46. The Labute approximate surface area is 235 Å². The smallest absolute Gasteiger partial charge is 0.273 e. The van der Waals surface area contributed by atoms with Gasteiger partial charge in [0, 0.05) is 13.5 Å². The van der Waals surface area contributed by atoms with Crippen LogP contribution in [-0.4, -0.2) is 36.2 Å². The van der Waals surface area contributed by atoms with E-state index in [0.717, 1.165) is 19.2 Å². The third-order valence-corrected chi connectivity index (χ3v) is 6.66. The van der Waals surface area contributed by atoms with Crippen LogP contribution in [0.1, 0.15) is 58.4 Å². The molecule has 2 amide bonds. The van der Waals surface area contributed by atoms with Gasteiger partial charge in [-0.1, -0.05) is 40.9 Å². The Bertz CT molecular complexity index is 1230. The first-order valence-corrected chi connectivity index (χ1v) is 12.0. The molecule has 2 rings (SSSR count). The number of rotatable bonds is 7. The number of alkyl halides is 10. The normalized spacial score (nSPS) is 14.1. The molecule has 40 heavy (non-hydrogen) atoms. The van der Waals surface area contributed by atoms with Gasteiger partial charge in [-0.2, -0.15) is 39.5 Å². The third kappa shape index (κ3) is 9.03. The minimum Gasteiger partial charge on any atom is -0.273 e. The first-order valence-electron chi connectivity index (χ1n) is 10.8. The summed E-state index contributed by atoms with van der Waals surface area (Å²) in [6.45, 7) is 0. The molecule has 0 bridgehead atoms. The third-order valence-electron chi connectivity index (χ3n) is 5.47. The summed E-state index contributed by atoms with van der Waals surface area (Å²) in [5.41, 5.74) is -2.70. The summed E-state index contributed by atoms with van der Waals surface area (Å²) in [6, 6.07) is 2.81. The zero-order chi connectivity index (χ0) is 30.8. The first-order chi connectivity index (χ1) is 18.1. The summed E-state index contributed by atoms with van der Waals surface area (Å²) in [6.07, 6.45) is -21.8. The molecule has 0 aliphatic rings. The molecule has 0 fully saturated rings. The fraction of sp³-hybridized carbons (Fsp3) is 0.391. The van der Waals surface area contributed by atoms with Crippen molar-refractivity contribution in [3.8, 4) is 0 Å². The van der Waals surface area contributed by atoms with Gasteiger partial charge < -0.3 is 0 Å². The van der Waals surface area contributed by atoms with Gasteiger partial charge in [0.1, 0.15) is 6.17 Å². The van der Waals surface area contributed by atoms with Crippen molar-refractivity contribution in [2.75, 3.05) is 7.05 Å². The highest BCUT2D eigenvalue weighted by atomic mass is 35.5. The summed E-state index contributed by atoms with van der Waals surface area (Å²) >= 11 is 17.3. The molecule has 17 heteroatoms. The molecule has 222 valence electrons. The minimum absolute atomic E-state index is 0.125. The Kier molecular flexibility index (Phi) is 10.6. The molecule has 2 aromatic carbocycles. The van der Waals surface area contributed by atoms with Crippen molar-refractivity contribution in [3.05, 3.63) is 67.7 Å². The van der Waals surface area contributed by atoms with E-state index in [1.54, 1.807) is 5.43 Å². The second kappa shape index (κ2) is 12.6. The molecule has 0 aliphatic carbocycles. The van der Waals surface area contributed by atoms with E-state index >= 15 is 4.39 Å². The van der Waals surface area contributed by atoms with Crippen LogP contribution < -0.4 is 5.43 Å². The molecule has 0 aromatic heterocycles. The van der Waals surface area contributed by atoms with Crippen LogP contribution in [0.3, 0.4) is 0 Å². The number of hydrogen-bond acceptors (Lipinski definition) is 2. The second-order valence-corrected chi connectivity index (χ2v) is 9.60. The van der Waals surface area contributed by atoms with Crippen LogP contribution in [0.4, 0.5) is 43.9 Å². The minimum atomic E-state index is -5.32. The Morgan fingerprint density at radius 2 is 1.45 bits per heavy atom. The van der Waals surface area contributed by atoms with Crippen molar-refractivity contribution >= 4 is 46.6 Å². The van der Waals surface area contributed by atoms with Crippen molar-refractivity contribution in [1.29, 1.82) is 0 Å². The molecule has 2 aromatic rings. The van der Waals surface area contributed by atoms with Crippen LogP contribution in [-0.2, 0) is 11.0 Å². The molecule has 0 saturated carbocycles. The van der Waals surface area contributed by atoms with Gasteiger partial charge in [0.05, 0.1) is 38.5 Å². The van der Waals surface area contributed by atoms with Crippen molar-refractivity contribution in [2.45, 2.75) is 49.9 Å². The van der Waals surface area contributed by atoms with Gasteiger partial charge >= 0.3 is 18.5 Å². The van der Waals surface area contributed by atoms with E-state index in [1.165, 1.54) is 0 Å². The Balaban J connectivity index is 2.35. The number of nitrogens with zero attached hydrogens (tertiary/aromatic N) is 1. The maximum absolute atomic E-state index is 15.1. The zero-order valence-electron chi connectivity index (χ0n) is 19.8. The lowest BCUT2D eigenvalue weighted by Crippen LogP contribution is -2.44. The molecule has 0 aliphatic heterocycles. The summed E-state index contributed by atoms with van der Waals surface area (Å²) in [5.74, 6) is -5.43. The predicted octanol–water partition coefficient (Wildman–Crippen LogP) is 8.86. The van der Waals surface area contributed by atoms with Crippen molar-refractivity contribution < 1.29 is 53.5 Å². The highest BCUT2D eigenvalue weighted by Gasteiger charge is 2.43. The highest BCUT2D eigenvalue weighted by molar-refractivity contribution is 6.48. The van der Waals surface area contributed by atoms with E-state index in [2.05, 4.69) is 0 Å². The lowest BCUT2D eigenvalue weighted by molar-refractivity contribution is -0.155. The van der Waals surface area contributed by atoms with Gasteiger partial charge in [0.25, 0.3) is 5.91 Å². The van der Waals surface area contributed by atoms with E-state index in [4.69, 9.17) is 34.8 Å². The van der Waals surface area contributed by atoms with E-state index in [9.17, 15) is 49.1 Å². The SMILES string of the molecule is CN(NC(=O)c1ccc(C(F)CC(c2cc(Cl)c(Cl)c(Cl)c2)C(F)(F)F)cc1C(F)(F)F)C(=O)CCC(F)(F)F. The lowest BCUT2D eigenvalue weighted by atomic mass is 9.89. The predicted molar refractivity (Wildman–Crippen MR) is 126 cm³/mol. The first kappa shape index (κ1) is 33.8. The van der Waals surface area contributed by atoms with E-state index < -0.39 is 83.9 Å². The van der Waals surface area contributed by atoms with Crippen LogP contribution >= 0.6 is 34.8 Å². The largest absolute Gasteiger partial charge is 0.417 e. The van der Waals surface area contributed by atoms with E-state index in [1.807, 2.05) is 0 Å². The number of nitrogens with one attached hydrogen (secondary N) is 1. The van der Waals surface area contributed by atoms with Crippen LogP contribution in [0.2, 0.25) is 15.1 Å². The number of halogens is 13. The number of carbonyl (C=O) groups excluding carboxylic acids is 2. The number of amides is 2. The molecule has 2 atom stereocenters. The fourth-order valence-corrected chi connectivity index (χ4v) is 4.07. The average Bonchev–Trinajstić information content (AvgIpc) is 2.81. The zero-order valence-corrected chi connectivity index (χ0v) is 22.1. The summed E-state index contributed by atoms with van der Waals surface area (Å²) < 4.78 is 134. The van der Waals surface area contributed by atoms with E-state index in [0.29, 0.717) is 12.1 Å². The maximum Gasteiger partial charge on any atom is 0.417 e. The van der Waals surface area contributed by atoms with Crippen molar-refractivity contribution in [1.82, 2.24) is 10.4 Å². The van der Waals surface area contributed by atoms with Gasteiger partial charge in [0.2, 0.25) is 5.91 Å². The van der Waals surface area contributed by atoms with Crippen molar-refractivity contribution in [2.24, 2.45) is 0 Å². The molecular formula is C23H17Cl3F10N2O2. The molecule has 1 N–H and O–H groups in total. The lowest BCUT2D eigenvalue weighted by Gasteiger charge is -2.24. The molecule has 0 saturated heterocycles. The Morgan fingerprint density at radius 1 is 0.900 bits per heavy atom. The van der Waals surface area contributed by atoms with Gasteiger partial charge in [-0.3, -0.25) is 20.0 Å². The molecule has 2 unspecified atom stereocenters. The molecule has 4 nitrogen and oxygen atoms in total. The molecule has 0 heterocycles. The van der Waals surface area contributed by atoms with Crippen molar-refractivity contribution in [3.63, 3.8) is 0 Å². The summed E-state index contributed by atoms with van der Waals surface area (Å²) in [5, 5.41) is -0.756. The number of hydrogen-bond donors (Lipinski definition) is 1. The van der Waals surface area contributed by atoms with Gasteiger partial charge in [-0.25, -0.2) is 4.39 Å². The van der Waals surface area contributed by atoms with Crippen LogP contribution in [0.5, 0.6) is 0 Å². The topological polar surface area (TPSA) is 49.4 Å². The highest BCUT2D eigenvalue weighted by Crippen LogP contribution is 2.45. The molecular weight excluding hydrogens is 633 g/mol. The molecule has 0 spiro atoms. The number of carbonyl (C=O) groups is 2. The Hall–Kier alpha value is -2.45. The number of hydrazine groups is 1. The number of benzene rings is 2. The van der Waals surface area contributed by atoms with Crippen LogP contribution in [0.25, 0.3) is 0 Å². The van der Waals surface area contributed by atoms with Crippen LogP contribution in [0, 0.1) is 0 Å². The van der Waals surface area contributed by atoms with Gasteiger partial charge in [-0.05, 0) is 41.8 Å².